The first-order chi connectivity index (χ1) is 16.3. The van der Waals surface area contributed by atoms with Gasteiger partial charge in [-0.25, -0.2) is 8.42 Å². The maximum absolute atomic E-state index is 13.2. The normalized spacial score (nSPS) is 14.7. The molecule has 0 radical (unpaired) electrons. The highest BCUT2D eigenvalue weighted by atomic mass is 32.2. The Bertz CT molecular complexity index is 1300. The van der Waals surface area contributed by atoms with Crippen LogP contribution >= 0.6 is 0 Å². The maximum Gasteiger partial charge on any atom is 0.253 e. The highest BCUT2D eigenvalue weighted by Crippen LogP contribution is 2.29. The number of sulfonamides is 1. The van der Waals surface area contributed by atoms with E-state index < -0.39 is 10.0 Å². The predicted molar refractivity (Wildman–Crippen MR) is 129 cm³/mol. The van der Waals surface area contributed by atoms with Crippen molar-refractivity contribution in [1.82, 2.24) is 9.21 Å². The Labute approximate surface area is 199 Å². The van der Waals surface area contributed by atoms with E-state index in [-0.39, 0.29) is 35.2 Å². The zero-order valence-electron chi connectivity index (χ0n) is 19.5. The molecule has 3 aromatic carbocycles. The molecule has 1 saturated heterocycles. The summed E-state index contributed by atoms with van der Waals surface area (Å²) in [6, 6.07) is 16.3. The largest absolute Gasteiger partial charge is 0.497 e. The molecule has 0 N–H and O–H groups in total. The molecule has 0 aromatic heterocycles. The number of fused-ring (bicyclic) bond motifs is 1. The van der Waals surface area contributed by atoms with Crippen LogP contribution in [0, 0.1) is 0 Å². The van der Waals surface area contributed by atoms with Crippen molar-refractivity contribution in [2.45, 2.75) is 11.4 Å². The van der Waals surface area contributed by atoms with Crippen molar-refractivity contribution in [3.63, 3.8) is 0 Å². The lowest BCUT2D eigenvalue weighted by atomic mass is 10.1. The molecule has 180 valence electrons. The molecule has 0 unspecified atom stereocenters. The summed E-state index contributed by atoms with van der Waals surface area (Å²) >= 11 is 0. The fourth-order valence-corrected chi connectivity index (χ4v) is 5.59. The second-order valence-electron chi connectivity index (χ2n) is 8.09. The molecule has 4 rings (SSSR count). The van der Waals surface area contributed by atoms with Gasteiger partial charge in [-0.05, 0) is 52.7 Å². The average molecular weight is 485 g/mol. The molecule has 0 bridgehead atoms. The average Bonchev–Trinajstić information content (AvgIpc) is 2.88. The molecule has 8 nitrogen and oxygen atoms in total. The number of benzene rings is 3. The van der Waals surface area contributed by atoms with Gasteiger partial charge in [0.05, 0.1) is 27.4 Å². The van der Waals surface area contributed by atoms with Crippen LogP contribution < -0.4 is 9.47 Å². The van der Waals surface area contributed by atoms with Crippen molar-refractivity contribution in [2.75, 3.05) is 47.6 Å². The van der Waals surface area contributed by atoms with Crippen LogP contribution in [-0.4, -0.2) is 71.1 Å². The van der Waals surface area contributed by atoms with Crippen LogP contribution in [0.3, 0.4) is 0 Å². The third-order valence-corrected chi connectivity index (χ3v) is 7.80. The van der Waals surface area contributed by atoms with E-state index in [4.69, 9.17) is 14.2 Å². The first kappa shape index (κ1) is 24.0. The highest BCUT2D eigenvalue weighted by molar-refractivity contribution is 7.89. The zero-order valence-corrected chi connectivity index (χ0v) is 20.3. The molecule has 1 amide bonds. The molecule has 1 aliphatic heterocycles. The van der Waals surface area contributed by atoms with Crippen LogP contribution in [-0.2, 0) is 21.3 Å². The van der Waals surface area contributed by atoms with Gasteiger partial charge in [0, 0.05) is 32.2 Å². The van der Waals surface area contributed by atoms with Crippen LogP contribution in [0.25, 0.3) is 10.8 Å². The van der Waals surface area contributed by atoms with E-state index >= 15 is 0 Å². The monoisotopic (exact) mass is 484 g/mol. The topological polar surface area (TPSA) is 85.4 Å². The molecule has 1 aliphatic rings. The number of rotatable bonds is 7. The molecule has 3 aromatic rings. The van der Waals surface area contributed by atoms with Crippen molar-refractivity contribution in [3.8, 4) is 11.5 Å². The van der Waals surface area contributed by atoms with E-state index in [0.717, 1.165) is 22.1 Å². The van der Waals surface area contributed by atoms with E-state index in [2.05, 4.69) is 0 Å². The summed E-state index contributed by atoms with van der Waals surface area (Å²) in [5.41, 5.74) is 1.24. The van der Waals surface area contributed by atoms with Crippen LogP contribution in [0.1, 0.15) is 15.9 Å². The molecule has 0 saturated carbocycles. The molecular weight excluding hydrogens is 456 g/mol. The van der Waals surface area contributed by atoms with Gasteiger partial charge in [0.15, 0.2) is 0 Å². The second kappa shape index (κ2) is 10.0. The fraction of sp³-hybridized carbons (Fsp3) is 0.320. The summed E-state index contributed by atoms with van der Waals surface area (Å²) in [5.74, 6) is 0.710. The fourth-order valence-electron chi connectivity index (χ4n) is 4.00. The van der Waals surface area contributed by atoms with Crippen LogP contribution in [0.4, 0.5) is 0 Å². The van der Waals surface area contributed by atoms with Gasteiger partial charge >= 0.3 is 0 Å². The first-order valence-electron chi connectivity index (χ1n) is 10.9. The minimum absolute atomic E-state index is 0.0178. The van der Waals surface area contributed by atoms with Gasteiger partial charge in [0.2, 0.25) is 10.0 Å². The van der Waals surface area contributed by atoms with Gasteiger partial charge in [-0.2, -0.15) is 4.31 Å². The van der Waals surface area contributed by atoms with Crippen LogP contribution in [0.15, 0.2) is 59.5 Å². The van der Waals surface area contributed by atoms with Gasteiger partial charge in [-0.1, -0.05) is 18.2 Å². The third-order valence-electron chi connectivity index (χ3n) is 5.88. The molecular formula is C25H28N2O6S. The Hall–Kier alpha value is -3.14. The number of carbonyl (C=O) groups excluding carboxylic acids is 1. The summed E-state index contributed by atoms with van der Waals surface area (Å²) in [4.78, 5) is 14.7. The Balaban J connectivity index is 1.57. The number of nitrogens with zero attached hydrogens (tertiary/aromatic N) is 2. The molecule has 1 fully saturated rings. The number of amides is 1. The van der Waals surface area contributed by atoms with Crippen LogP contribution in [0.5, 0.6) is 11.5 Å². The van der Waals surface area contributed by atoms with Crippen molar-refractivity contribution in [1.29, 1.82) is 0 Å². The lowest BCUT2D eigenvalue weighted by Crippen LogP contribution is -2.40. The minimum Gasteiger partial charge on any atom is -0.497 e. The van der Waals surface area contributed by atoms with Crippen molar-refractivity contribution < 1.29 is 27.4 Å². The van der Waals surface area contributed by atoms with E-state index in [9.17, 15) is 13.2 Å². The van der Waals surface area contributed by atoms with Crippen molar-refractivity contribution in [2.24, 2.45) is 0 Å². The Morgan fingerprint density at radius 2 is 1.68 bits per heavy atom. The lowest BCUT2D eigenvalue weighted by Gasteiger charge is -2.27. The molecule has 0 atom stereocenters. The molecule has 9 heteroatoms. The summed E-state index contributed by atoms with van der Waals surface area (Å²) in [7, 11) is 0.912. The predicted octanol–water partition coefficient (Wildman–Crippen LogP) is 3.15. The summed E-state index contributed by atoms with van der Waals surface area (Å²) < 4.78 is 43.7. The van der Waals surface area contributed by atoms with E-state index in [1.807, 2.05) is 36.4 Å². The number of carbonyl (C=O) groups is 1. The van der Waals surface area contributed by atoms with Gasteiger partial charge in [-0.3, -0.25) is 4.79 Å². The first-order valence-corrected chi connectivity index (χ1v) is 12.4. The minimum atomic E-state index is -3.83. The van der Waals surface area contributed by atoms with Gasteiger partial charge in [0.25, 0.3) is 5.91 Å². The van der Waals surface area contributed by atoms with Gasteiger partial charge in [0.1, 0.15) is 16.4 Å². The third kappa shape index (κ3) is 4.86. The highest BCUT2D eigenvalue weighted by Gasteiger charge is 2.30. The van der Waals surface area contributed by atoms with Crippen molar-refractivity contribution in [3.05, 3.63) is 65.7 Å². The number of morpholine rings is 1. The zero-order chi connectivity index (χ0) is 24.3. The van der Waals surface area contributed by atoms with Gasteiger partial charge in [-0.15, -0.1) is 0 Å². The standard InChI is InChI=1S/C25H28N2O6S/c1-26(17-18-4-5-20-15-22(31-2)8-6-19(20)14-18)25(28)21-7-9-23(32-3)24(16-21)34(29,30)27-10-12-33-13-11-27/h4-9,14-16H,10-13,17H2,1-3H3. The summed E-state index contributed by atoms with van der Waals surface area (Å²) in [6.07, 6.45) is 0. The van der Waals surface area contributed by atoms with E-state index in [1.54, 1.807) is 25.1 Å². The molecule has 0 aliphatic carbocycles. The molecule has 0 spiro atoms. The molecule has 1 heterocycles. The van der Waals surface area contributed by atoms with E-state index in [1.165, 1.54) is 23.5 Å². The summed E-state index contributed by atoms with van der Waals surface area (Å²) in [5, 5.41) is 2.09. The van der Waals surface area contributed by atoms with Gasteiger partial charge < -0.3 is 19.1 Å². The number of ether oxygens (including phenoxy) is 3. The SMILES string of the molecule is COc1ccc2cc(CN(C)C(=O)c3ccc(OC)c(S(=O)(=O)N4CCOCC4)c3)ccc2c1. The smallest absolute Gasteiger partial charge is 0.253 e. The Morgan fingerprint density at radius 1 is 0.971 bits per heavy atom. The number of hydrogen-bond donors (Lipinski definition) is 0. The van der Waals surface area contributed by atoms with Crippen molar-refractivity contribution >= 4 is 26.7 Å². The quantitative estimate of drug-likeness (QED) is 0.512. The Kier molecular flexibility index (Phi) is 7.06. The number of methoxy groups -OCH3 is 2. The maximum atomic E-state index is 13.2. The van der Waals surface area contributed by atoms with E-state index in [0.29, 0.717) is 19.8 Å². The number of hydrogen-bond acceptors (Lipinski definition) is 6. The second-order valence-corrected chi connectivity index (χ2v) is 10.00. The summed E-state index contributed by atoms with van der Waals surface area (Å²) in [6.45, 7) is 1.57. The lowest BCUT2D eigenvalue weighted by molar-refractivity contribution is 0.0729. The molecule has 34 heavy (non-hydrogen) atoms. The Morgan fingerprint density at radius 3 is 2.38 bits per heavy atom. The van der Waals surface area contributed by atoms with Crippen LogP contribution in [0.2, 0.25) is 0 Å².